The Balaban J connectivity index is 1.50. The summed E-state index contributed by atoms with van der Waals surface area (Å²) in [5, 5.41) is 3.14. The molecule has 176 valence electrons. The van der Waals surface area contributed by atoms with E-state index >= 15 is 0 Å². The van der Waals surface area contributed by atoms with Gasteiger partial charge in [-0.15, -0.1) is 0 Å². The lowest BCUT2D eigenvalue weighted by Crippen LogP contribution is -2.33. The molecule has 1 fully saturated rings. The van der Waals surface area contributed by atoms with Gasteiger partial charge in [0, 0.05) is 30.2 Å². The highest BCUT2D eigenvalue weighted by Gasteiger charge is 2.36. The SMILES string of the molecule is COc1ccc(CCN2C[C@H](C(=O)O[C@@H](C)C(=O)Nc3cccc(Cl)c3)CC2=O)cc1OC. The number of hydrogen-bond acceptors (Lipinski definition) is 6. The molecule has 0 radical (unpaired) electrons. The third kappa shape index (κ3) is 6.38. The second-order valence-corrected chi connectivity index (χ2v) is 8.20. The summed E-state index contributed by atoms with van der Waals surface area (Å²) >= 11 is 5.91. The summed E-state index contributed by atoms with van der Waals surface area (Å²) in [6.07, 6.45) is -0.341. The molecular formula is C24H27ClN2O6. The van der Waals surface area contributed by atoms with Crippen molar-refractivity contribution in [1.82, 2.24) is 4.90 Å². The molecule has 0 aliphatic carbocycles. The molecule has 1 heterocycles. The van der Waals surface area contributed by atoms with Crippen molar-refractivity contribution in [3.05, 3.63) is 53.1 Å². The van der Waals surface area contributed by atoms with Crippen LogP contribution in [0.3, 0.4) is 0 Å². The zero-order valence-electron chi connectivity index (χ0n) is 18.8. The average molecular weight is 475 g/mol. The standard InChI is InChI=1S/C24H27ClN2O6/c1-15(23(29)26-19-6-4-5-18(25)13-19)33-24(30)17-12-22(28)27(14-17)10-9-16-7-8-20(31-2)21(11-16)32-3/h4-8,11,13,15,17H,9-10,12,14H2,1-3H3,(H,26,29)/t15-,17+/m0/s1. The Morgan fingerprint density at radius 2 is 1.91 bits per heavy atom. The first-order valence-electron chi connectivity index (χ1n) is 10.6. The van der Waals surface area contributed by atoms with Gasteiger partial charge in [0.15, 0.2) is 17.6 Å². The molecule has 8 nitrogen and oxygen atoms in total. The number of nitrogens with zero attached hydrogens (tertiary/aromatic N) is 1. The molecule has 2 aromatic carbocycles. The number of likely N-dealkylation sites (tertiary alicyclic amines) is 1. The lowest BCUT2D eigenvalue weighted by molar-refractivity contribution is -0.157. The van der Waals surface area contributed by atoms with E-state index in [1.165, 1.54) is 6.92 Å². The van der Waals surface area contributed by atoms with Gasteiger partial charge in [-0.3, -0.25) is 14.4 Å². The van der Waals surface area contributed by atoms with Gasteiger partial charge in [-0.05, 0) is 49.2 Å². The normalized spacial score (nSPS) is 16.3. The zero-order valence-corrected chi connectivity index (χ0v) is 19.6. The fourth-order valence-electron chi connectivity index (χ4n) is 3.58. The van der Waals surface area contributed by atoms with Crippen LogP contribution in [-0.2, 0) is 25.5 Å². The van der Waals surface area contributed by atoms with Gasteiger partial charge in [0.2, 0.25) is 5.91 Å². The van der Waals surface area contributed by atoms with Crippen molar-refractivity contribution in [3.63, 3.8) is 0 Å². The molecular weight excluding hydrogens is 448 g/mol. The average Bonchev–Trinajstić information content (AvgIpc) is 3.18. The molecule has 2 amide bonds. The quantitative estimate of drug-likeness (QED) is 0.560. The second-order valence-electron chi connectivity index (χ2n) is 7.76. The lowest BCUT2D eigenvalue weighted by atomic mass is 10.1. The predicted molar refractivity (Wildman–Crippen MR) is 124 cm³/mol. The van der Waals surface area contributed by atoms with E-state index in [0.29, 0.717) is 35.2 Å². The van der Waals surface area contributed by atoms with E-state index in [1.54, 1.807) is 43.4 Å². The number of carbonyl (C=O) groups excluding carboxylic acids is 3. The minimum absolute atomic E-state index is 0.0629. The highest BCUT2D eigenvalue weighted by Crippen LogP contribution is 2.28. The number of amides is 2. The highest BCUT2D eigenvalue weighted by molar-refractivity contribution is 6.30. The maximum atomic E-state index is 12.6. The maximum absolute atomic E-state index is 12.6. The minimum Gasteiger partial charge on any atom is -0.493 e. The molecule has 9 heteroatoms. The Kier molecular flexibility index (Phi) is 8.16. The smallest absolute Gasteiger partial charge is 0.312 e. The van der Waals surface area contributed by atoms with Crippen LogP contribution in [0.15, 0.2) is 42.5 Å². The van der Waals surface area contributed by atoms with Crippen LogP contribution in [0.25, 0.3) is 0 Å². The van der Waals surface area contributed by atoms with Gasteiger partial charge in [0.1, 0.15) is 0 Å². The highest BCUT2D eigenvalue weighted by atomic mass is 35.5. The van der Waals surface area contributed by atoms with Crippen LogP contribution in [0.1, 0.15) is 18.9 Å². The zero-order chi connectivity index (χ0) is 24.0. The van der Waals surface area contributed by atoms with Crippen molar-refractivity contribution in [2.24, 2.45) is 5.92 Å². The number of benzene rings is 2. The van der Waals surface area contributed by atoms with Gasteiger partial charge in [-0.2, -0.15) is 0 Å². The summed E-state index contributed by atoms with van der Waals surface area (Å²) in [5.41, 5.74) is 1.49. The first-order valence-corrected chi connectivity index (χ1v) is 10.9. The Morgan fingerprint density at radius 1 is 1.15 bits per heavy atom. The number of hydrogen-bond donors (Lipinski definition) is 1. The number of anilines is 1. The van der Waals surface area contributed by atoms with E-state index in [4.69, 9.17) is 25.8 Å². The maximum Gasteiger partial charge on any atom is 0.312 e. The molecule has 1 saturated heterocycles. The number of methoxy groups -OCH3 is 2. The van der Waals surface area contributed by atoms with E-state index in [2.05, 4.69) is 5.32 Å². The largest absolute Gasteiger partial charge is 0.493 e. The Morgan fingerprint density at radius 3 is 2.61 bits per heavy atom. The number of halogens is 1. The molecule has 0 spiro atoms. The molecule has 0 bridgehead atoms. The van der Waals surface area contributed by atoms with Gasteiger partial charge in [-0.25, -0.2) is 0 Å². The van der Waals surface area contributed by atoms with Crippen LogP contribution in [0.5, 0.6) is 11.5 Å². The van der Waals surface area contributed by atoms with Crippen LogP contribution in [-0.4, -0.2) is 56.1 Å². The summed E-state index contributed by atoms with van der Waals surface area (Å²) in [4.78, 5) is 38.9. The Bertz CT molecular complexity index is 1030. The monoisotopic (exact) mass is 474 g/mol. The molecule has 0 aromatic heterocycles. The van der Waals surface area contributed by atoms with Crippen LogP contribution < -0.4 is 14.8 Å². The van der Waals surface area contributed by atoms with Crippen LogP contribution in [0, 0.1) is 5.92 Å². The van der Waals surface area contributed by atoms with Crippen molar-refractivity contribution < 1.29 is 28.6 Å². The third-order valence-corrected chi connectivity index (χ3v) is 5.66. The topological polar surface area (TPSA) is 94.2 Å². The van der Waals surface area contributed by atoms with Gasteiger partial charge in [0.05, 0.1) is 20.1 Å². The minimum atomic E-state index is -1.01. The molecule has 3 rings (SSSR count). The number of carbonyl (C=O) groups is 3. The summed E-state index contributed by atoms with van der Waals surface area (Å²) < 4.78 is 15.9. The summed E-state index contributed by atoms with van der Waals surface area (Å²) in [7, 11) is 3.14. The first kappa shape index (κ1) is 24.4. The molecule has 1 N–H and O–H groups in total. The summed E-state index contributed by atoms with van der Waals surface area (Å²) in [6.45, 7) is 2.21. The molecule has 0 unspecified atom stereocenters. The molecule has 2 atom stereocenters. The second kappa shape index (κ2) is 11.0. The van der Waals surface area contributed by atoms with Gasteiger partial charge >= 0.3 is 5.97 Å². The van der Waals surface area contributed by atoms with Crippen molar-refractivity contribution in [3.8, 4) is 11.5 Å². The summed E-state index contributed by atoms with van der Waals surface area (Å²) in [5.74, 6) is -0.507. The molecule has 33 heavy (non-hydrogen) atoms. The van der Waals surface area contributed by atoms with Crippen molar-refractivity contribution in [2.45, 2.75) is 25.9 Å². The lowest BCUT2D eigenvalue weighted by Gasteiger charge is -2.18. The van der Waals surface area contributed by atoms with Gasteiger partial charge in [-0.1, -0.05) is 23.7 Å². The molecule has 0 saturated carbocycles. The first-order chi connectivity index (χ1) is 15.8. The number of rotatable bonds is 9. The van der Waals surface area contributed by atoms with Crippen LogP contribution in [0.2, 0.25) is 5.02 Å². The van der Waals surface area contributed by atoms with Crippen molar-refractivity contribution in [2.75, 3.05) is 32.6 Å². The van der Waals surface area contributed by atoms with E-state index in [1.807, 2.05) is 18.2 Å². The fourth-order valence-corrected chi connectivity index (χ4v) is 3.77. The van der Waals surface area contributed by atoms with E-state index in [-0.39, 0.29) is 18.9 Å². The van der Waals surface area contributed by atoms with E-state index < -0.39 is 23.9 Å². The molecule has 2 aromatic rings. The van der Waals surface area contributed by atoms with Crippen LogP contribution in [0.4, 0.5) is 5.69 Å². The number of ether oxygens (including phenoxy) is 3. The van der Waals surface area contributed by atoms with Crippen LogP contribution >= 0.6 is 11.6 Å². The van der Waals surface area contributed by atoms with Crippen molar-refractivity contribution >= 4 is 35.1 Å². The Labute approximate surface area is 197 Å². The van der Waals surface area contributed by atoms with E-state index in [0.717, 1.165) is 5.56 Å². The summed E-state index contributed by atoms with van der Waals surface area (Å²) in [6, 6.07) is 12.3. The third-order valence-electron chi connectivity index (χ3n) is 5.42. The van der Waals surface area contributed by atoms with Crippen molar-refractivity contribution in [1.29, 1.82) is 0 Å². The number of esters is 1. The Hall–Kier alpha value is -3.26. The van der Waals surface area contributed by atoms with E-state index in [9.17, 15) is 14.4 Å². The predicted octanol–water partition coefficient (Wildman–Crippen LogP) is 3.32. The number of nitrogens with one attached hydrogen (secondary N) is 1. The van der Waals surface area contributed by atoms with Gasteiger partial charge in [0.25, 0.3) is 5.91 Å². The van der Waals surface area contributed by atoms with Gasteiger partial charge < -0.3 is 24.4 Å². The fraction of sp³-hybridized carbons (Fsp3) is 0.375. The molecule has 1 aliphatic rings. The molecule has 1 aliphatic heterocycles.